The van der Waals surface area contributed by atoms with Gasteiger partial charge in [-0.25, -0.2) is 0 Å². The first-order valence-electron chi connectivity index (χ1n) is 3.55. The third-order valence-electron chi connectivity index (χ3n) is 1.52. The summed E-state index contributed by atoms with van der Waals surface area (Å²) in [5, 5.41) is 3.76. The molecule has 1 fully saturated rings. The maximum absolute atomic E-state index is 5.48. The van der Waals surface area contributed by atoms with E-state index in [1.807, 2.05) is 11.8 Å². The van der Waals surface area contributed by atoms with Crippen molar-refractivity contribution in [2.75, 3.05) is 18.1 Å². The lowest BCUT2D eigenvalue weighted by Gasteiger charge is -2.18. The fourth-order valence-corrected chi connectivity index (χ4v) is 1.94. The van der Waals surface area contributed by atoms with E-state index in [-0.39, 0.29) is 11.5 Å². The lowest BCUT2D eigenvalue weighted by Crippen LogP contribution is -2.16. The lowest BCUT2D eigenvalue weighted by molar-refractivity contribution is 0.0677. The van der Waals surface area contributed by atoms with Gasteiger partial charge >= 0.3 is 5.35 Å². The third-order valence-corrected chi connectivity index (χ3v) is 2.67. The summed E-state index contributed by atoms with van der Waals surface area (Å²) < 4.78 is 10.0. The predicted octanol–water partition coefficient (Wildman–Crippen LogP) is 1.53. The minimum absolute atomic E-state index is 0.0556. The molecular weight excluding hydrogens is 200 g/mol. The van der Waals surface area contributed by atoms with Crippen molar-refractivity contribution in [1.29, 1.82) is 0 Å². The highest BCUT2D eigenvalue weighted by atomic mass is 35.5. The maximum atomic E-state index is 5.48. The molecule has 2 rings (SSSR count). The SMILES string of the molecule is Clc1nc(C2CSCCO2)no1. The van der Waals surface area contributed by atoms with Crippen molar-refractivity contribution in [1.82, 2.24) is 10.1 Å². The molecule has 4 nitrogen and oxygen atoms in total. The number of halogens is 1. The number of rotatable bonds is 1. The van der Waals surface area contributed by atoms with Gasteiger partial charge in [0.1, 0.15) is 6.10 Å². The Morgan fingerprint density at radius 3 is 3.08 bits per heavy atom. The van der Waals surface area contributed by atoms with Gasteiger partial charge in [-0.2, -0.15) is 16.7 Å². The Morgan fingerprint density at radius 2 is 2.50 bits per heavy atom. The second-order valence-corrected chi connectivity index (χ2v) is 3.81. The third kappa shape index (κ3) is 1.73. The number of aromatic nitrogens is 2. The summed E-state index contributed by atoms with van der Waals surface area (Å²) in [5.74, 6) is 2.45. The standard InChI is InChI=1S/C6H7ClN2O2S/c7-6-8-5(9-11-6)4-3-12-2-1-10-4/h4H,1-3H2. The van der Waals surface area contributed by atoms with E-state index in [4.69, 9.17) is 16.3 Å². The summed E-state index contributed by atoms with van der Waals surface area (Å²) in [6.07, 6.45) is -0.0556. The van der Waals surface area contributed by atoms with E-state index in [1.165, 1.54) is 0 Å². The van der Waals surface area contributed by atoms with Crippen LogP contribution in [0.2, 0.25) is 5.35 Å². The summed E-state index contributed by atoms with van der Waals surface area (Å²) in [6, 6.07) is 0. The van der Waals surface area contributed by atoms with E-state index in [2.05, 4.69) is 14.7 Å². The van der Waals surface area contributed by atoms with E-state index in [0.29, 0.717) is 5.82 Å². The normalized spacial score (nSPS) is 24.2. The van der Waals surface area contributed by atoms with Crippen molar-refractivity contribution < 1.29 is 9.26 Å². The number of thioether (sulfide) groups is 1. The van der Waals surface area contributed by atoms with Gasteiger partial charge in [0.25, 0.3) is 0 Å². The van der Waals surface area contributed by atoms with Crippen LogP contribution in [0.15, 0.2) is 4.52 Å². The van der Waals surface area contributed by atoms with Crippen LogP contribution in [0.25, 0.3) is 0 Å². The van der Waals surface area contributed by atoms with Crippen LogP contribution in [0.1, 0.15) is 11.9 Å². The second kappa shape index (κ2) is 3.64. The Hall–Kier alpha value is -0.260. The van der Waals surface area contributed by atoms with Crippen LogP contribution in [0.3, 0.4) is 0 Å². The maximum Gasteiger partial charge on any atom is 0.320 e. The highest BCUT2D eigenvalue weighted by Crippen LogP contribution is 2.24. The monoisotopic (exact) mass is 206 g/mol. The molecule has 1 aliphatic rings. The minimum atomic E-state index is -0.0556. The average molecular weight is 207 g/mol. The van der Waals surface area contributed by atoms with E-state index in [9.17, 15) is 0 Å². The van der Waals surface area contributed by atoms with Gasteiger partial charge in [0.15, 0.2) is 0 Å². The van der Waals surface area contributed by atoms with Crippen molar-refractivity contribution in [2.45, 2.75) is 6.10 Å². The smallest absolute Gasteiger partial charge is 0.320 e. The molecule has 1 aromatic heterocycles. The minimum Gasteiger partial charge on any atom is -0.368 e. The van der Waals surface area contributed by atoms with Crippen molar-refractivity contribution >= 4 is 23.4 Å². The molecule has 0 bridgehead atoms. The van der Waals surface area contributed by atoms with Crippen molar-refractivity contribution in [3.05, 3.63) is 11.2 Å². The number of nitrogens with zero attached hydrogens (tertiary/aromatic N) is 2. The van der Waals surface area contributed by atoms with E-state index in [1.54, 1.807) is 0 Å². The summed E-state index contributed by atoms with van der Waals surface area (Å²) in [4.78, 5) is 3.88. The molecular formula is C6H7ClN2O2S. The Bertz CT molecular complexity index is 262. The van der Waals surface area contributed by atoms with Crippen molar-refractivity contribution in [3.8, 4) is 0 Å². The molecule has 2 heterocycles. The van der Waals surface area contributed by atoms with Gasteiger partial charge in [0.2, 0.25) is 5.82 Å². The molecule has 1 atom stereocenters. The topological polar surface area (TPSA) is 48.2 Å². The van der Waals surface area contributed by atoms with Crippen LogP contribution < -0.4 is 0 Å². The molecule has 0 radical (unpaired) electrons. The molecule has 6 heteroatoms. The molecule has 0 spiro atoms. The van der Waals surface area contributed by atoms with Gasteiger partial charge < -0.3 is 9.26 Å². The Morgan fingerprint density at radius 1 is 1.58 bits per heavy atom. The zero-order chi connectivity index (χ0) is 8.39. The van der Waals surface area contributed by atoms with Crippen molar-refractivity contribution in [3.63, 3.8) is 0 Å². The summed E-state index contributed by atoms with van der Waals surface area (Å²) in [5.41, 5.74) is 0. The predicted molar refractivity (Wildman–Crippen MR) is 45.3 cm³/mol. The summed E-state index contributed by atoms with van der Waals surface area (Å²) in [7, 11) is 0. The van der Waals surface area contributed by atoms with Gasteiger partial charge in [0, 0.05) is 11.5 Å². The van der Waals surface area contributed by atoms with Gasteiger partial charge in [-0.05, 0) is 11.6 Å². The van der Waals surface area contributed by atoms with E-state index < -0.39 is 0 Å². The van der Waals surface area contributed by atoms with Gasteiger partial charge in [-0.3, -0.25) is 0 Å². The molecule has 1 aromatic rings. The molecule has 1 aliphatic heterocycles. The molecule has 0 aromatic carbocycles. The first-order chi connectivity index (χ1) is 5.86. The number of hydrogen-bond acceptors (Lipinski definition) is 5. The number of hydrogen-bond donors (Lipinski definition) is 0. The average Bonchev–Trinajstić information content (AvgIpc) is 2.54. The van der Waals surface area contributed by atoms with Gasteiger partial charge in [-0.15, -0.1) is 0 Å². The Kier molecular flexibility index (Phi) is 2.53. The molecule has 1 unspecified atom stereocenters. The first kappa shape index (κ1) is 8.34. The van der Waals surface area contributed by atoms with Crippen LogP contribution in [0.5, 0.6) is 0 Å². The first-order valence-corrected chi connectivity index (χ1v) is 5.08. The molecule has 1 saturated heterocycles. The Labute approximate surface area is 78.6 Å². The van der Waals surface area contributed by atoms with Crippen LogP contribution >= 0.6 is 23.4 Å². The quantitative estimate of drug-likeness (QED) is 0.698. The molecule has 0 saturated carbocycles. The molecule has 12 heavy (non-hydrogen) atoms. The zero-order valence-corrected chi connectivity index (χ0v) is 7.77. The summed E-state index contributed by atoms with van der Waals surface area (Å²) >= 11 is 7.29. The van der Waals surface area contributed by atoms with Gasteiger partial charge in [-0.1, -0.05) is 5.16 Å². The molecule has 0 amide bonds. The van der Waals surface area contributed by atoms with Crippen LogP contribution in [0.4, 0.5) is 0 Å². The highest BCUT2D eigenvalue weighted by molar-refractivity contribution is 7.99. The molecule has 0 aliphatic carbocycles. The fraction of sp³-hybridized carbons (Fsp3) is 0.667. The Balaban J connectivity index is 2.08. The summed E-state index contributed by atoms with van der Waals surface area (Å²) in [6.45, 7) is 0.738. The fourth-order valence-electron chi connectivity index (χ4n) is 0.983. The molecule has 0 N–H and O–H groups in total. The van der Waals surface area contributed by atoms with Gasteiger partial charge in [0.05, 0.1) is 6.61 Å². The highest BCUT2D eigenvalue weighted by Gasteiger charge is 2.21. The van der Waals surface area contributed by atoms with Crippen molar-refractivity contribution in [2.24, 2.45) is 0 Å². The van der Waals surface area contributed by atoms with Crippen LogP contribution in [-0.4, -0.2) is 28.3 Å². The lowest BCUT2D eigenvalue weighted by atomic mass is 10.4. The van der Waals surface area contributed by atoms with Crippen LogP contribution in [-0.2, 0) is 4.74 Å². The molecule has 66 valence electrons. The largest absolute Gasteiger partial charge is 0.368 e. The number of ether oxygens (including phenoxy) is 1. The van der Waals surface area contributed by atoms with E-state index >= 15 is 0 Å². The zero-order valence-electron chi connectivity index (χ0n) is 6.20. The second-order valence-electron chi connectivity index (χ2n) is 2.34. The van der Waals surface area contributed by atoms with E-state index in [0.717, 1.165) is 18.1 Å². The van der Waals surface area contributed by atoms with Crippen LogP contribution in [0, 0.1) is 0 Å².